The van der Waals surface area contributed by atoms with Gasteiger partial charge in [0.15, 0.2) is 0 Å². The molecule has 0 aliphatic carbocycles. The van der Waals surface area contributed by atoms with Crippen molar-refractivity contribution in [3.05, 3.63) is 320 Å². The minimum Gasteiger partial charge on any atom is -0.657 e. The molecule has 18 rings (SSSR count). The molecule has 15 aromatic rings. The maximum Gasteiger partial charge on any atom is 2.00 e. The third kappa shape index (κ3) is 25.4. The minimum atomic E-state index is -0.540. The molecule has 0 spiro atoms. The van der Waals surface area contributed by atoms with Crippen molar-refractivity contribution in [2.24, 2.45) is 16.2 Å². The van der Waals surface area contributed by atoms with Gasteiger partial charge in [-0.1, -0.05) is 443 Å². The first-order valence-electron chi connectivity index (χ1n) is 52.2. The molecule has 0 N–H and O–H groups in total. The van der Waals surface area contributed by atoms with E-state index in [2.05, 4.69) is 477 Å². The van der Waals surface area contributed by atoms with Crippen molar-refractivity contribution >= 4 is 136 Å². The van der Waals surface area contributed by atoms with Crippen LogP contribution in [0.1, 0.15) is 368 Å². The average Bonchev–Trinajstić information content (AvgIpc) is 1.36. The Morgan fingerprint density at radius 1 is 0.274 bits per heavy atom. The first-order valence-corrected chi connectivity index (χ1v) is 52.2. The molecule has 0 atom stereocenters. The molecular formula is C130H155AgAuCuN10O3-. The fraction of sp³-hybridized carbons (Fsp3) is 0.392. The van der Waals surface area contributed by atoms with E-state index in [1.54, 1.807) is 6.07 Å². The Morgan fingerprint density at radius 2 is 0.466 bits per heavy atom. The summed E-state index contributed by atoms with van der Waals surface area (Å²) >= 11 is 0. The molecule has 3 radical (unpaired) electrons. The van der Waals surface area contributed by atoms with Gasteiger partial charge in [0.1, 0.15) is 0 Å². The van der Waals surface area contributed by atoms with Gasteiger partial charge in [-0.25, -0.2) is 0 Å². The van der Waals surface area contributed by atoms with Gasteiger partial charge in [-0.2, -0.15) is 5.26 Å². The summed E-state index contributed by atoms with van der Waals surface area (Å²) in [5.74, 6) is 4.45. The summed E-state index contributed by atoms with van der Waals surface area (Å²) in [5.41, 5.74) is 30.8. The van der Waals surface area contributed by atoms with E-state index in [-0.39, 0.29) is 79.6 Å². The maximum atomic E-state index is 13.8. The second-order valence-electron chi connectivity index (χ2n) is 45.5. The number of hydrogen-bond donors (Lipinski definition) is 0. The quantitative estimate of drug-likeness (QED) is 0.0464. The van der Waals surface area contributed by atoms with Crippen molar-refractivity contribution in [3.8, 4) is 6.07 Å². The largest absolute Gasteiger partial charge is 2.00 e. The molecule has 0 bridgehead atoms. The molecule has 3 aromatic heterocycles. The van der Waals surface area contributed by atoms with Crippen LogP contribution in [0, 0.1) is 48.3 Å². The summed E-state index contributed by atoms with van der Waals surface area (Å²) in [5, 5.41) is 16.1. The van der Waals surface area contributed by atoms with Crippen molar-refractivity contribution in [1.29, 1.82) is 5.26 Å². The summed E-state index contributed by atoms with van der Waals surface area (Å²) in [7, 11) is 0. The van der Waals surface area contributed by atoms with Crippen LogP contribution in [0.5, 0.6) is 0 Å². The van der Waals surface area contributed by atoms with Crippen LogP contribution in [0.4, 0.5) is 34.1 Å². The number of para-hydroxylation sites is 8. The molecule has 777 valence electrons. The number of anilines is 3. The van der Waals surface area contributed by atoms with E-state index in [9.17, 15) is 14.4 Å². The maximum absolute atomic E-state index is 13.8. The molecule has 146 heavy (non-hydrogen) atoms. The molecule has 0 saturated heterocycles. The number of aromatic nitrogens is 3. The third-order valence-corrected chi connectivity index (χ3v) is 28.2. The number of benzene rings is 12. The van der Waals surface area contributed by atoms with Crippen LogP contribution in [0.25, 0.3) is 65.4 Å². The number of fused-ring (bicyclic) bond motifs is 9. The van der Waals surface area contributed by atoms with Crippen LogP contribution < -0.4 is 29.7 Å². The fourth-order valence-corrected chi connectivity index (χ4v) is 20.3. The minimum absolute atomic E-state index is 0. The van der Waals surface area contributed by atoms with E-state index >= 15 is 0 Å². The summed E-state index contributed by atoms with van der Waals surface area (Å²) in [4.78, 5) is 61.9. The number of carbonyl (C=O) groups is 3. The van der Waals surface area contributed by atoms with Crippen LogP contribution in [0.3, 0.4) is 0 Å². The van der Waals surface area contributed by atoms with E-state index < -0.39 is 16.2 Å². The Kier molecular flexibility index (Phi) is 39.2. The SMILES string of the molecule is CC(C)c1cccc(C(C)C)c1N1[C-]=[N+](c2c(C(C)C)cccc2C(C)C)C(=O)C(C)(C)C1.CC(C)c1cccc(C(C)C)c1N1[C-]=[N+](c2c(C(C)C)cccc2C(C)C)C(=O)C(C)(C)C1.CC(C)c1cccc(C(C)C)c1N1[C-]=[N+](c2c(C(C)C)cccc2C(C)C)C(=O)C(C)(C)C1.Cc1ccc2[n-]c3ccc(C#N)cc3c2c1.Cc1ccc2[n-]c3ccccc3c2c1.Cc1ccc2[n-]c3ccccc3c2c1.[Ag].[Au].[Cu+2]. The number of carbonyl (C=O) groups excluding carboxylic acids is 3. The predicted octanol–water partition coefficient (Wildman–Crippen LogP) is 33.0. The van der Waals surface area contributed by atoms with Crippen LogP contribution >= 0.6 is 0 Å². The van der Waals surface area contributed by atoms with Crippen molar-refractivity contribution in [2.45, 2.75) is 299 Å². The van der Waals surface area contributed by atoms with Crippen LogP contribution in [-0.2, 0) is 76.2 Å². The van der Waals surface area contributed by atoms with Crippen LogP contribution in [-0.4, -0.2) is 70.1 Å². The number of aryl methyl sites for hydroxylation is 3. The van der Waals surface area contributed by atoms with Gasteiger partial charge >= 0.3 is 17.1 Å². The van der Waals surface area contributed by atoms with Gasteiger partial charge < -0.3 is 44.0 Å². The molecule has 0 unspecified atom stereocenters. The van der Waals surface area contributed by atoms with E-state index in [0.717, 1.165) is 60.9 Å². The number of rotatable bonds is 18. The monoisotopic (exact) mass is 2270 g/mol. The second-order valence-corrected chi connectivity index (χ2v) is 45.5. The van der Waals surface area contributed by atoms with Gasteiger partial charge in [0.25, 0.3) is 0 Å². The van der Waals surface area contributed by atoms with E-state index in [0.29, 0.717) is 96.2 Å². The van der Waals surface area contributed by atoms with Crippen molar-refractivity contribution < 1.29 is 89.9 Å². The Hall–Kier alpha value is -11.1. The Bertz CT molecular complexity index is 6680. The molecule has 13 nitrogen and oxygen atoms in total. The Balaban J connectivity index is 0.000000185. The van der Waals surface area contributed by atoms with Gasteiger partial charge in [0.2, 0.25) is 36.7 Å². The standard InChI is InChI=1S/3C30H42N2O.C14H9N2.2C13H10N.Ag.Au.Cu/c3*1-19(2)23-13-11-14-24(20(3)4)27(23)31-17-30(9,10)29(33)32(18-31)28-25(21(5)6)15-12-16-26(28)22(7)8;1-9-2-4-13-11(6-9)12-7-10(8-15)3-5-14(12)16-13;2*1-9-6-7-13-11(8-9)10-4-2-3-5-12(10)14-13;;;/h3*11-16,19-22H,17H2,1-10H3;2-7H,1H3;2*2-8H,1H3;;;/q;;;3*-1;;;+2. The normalized spacial score (nSPS) is 14.4. The third-order valence-electron chi connectivity index (χ3n) is 28.2. The topological polar surface area (TPSA) is 136 Å². The Morgan fingerprint density at radius 3 is 0.685 bits per heavy atom. The summed E-state index contributed by atoms with van der Waals surface area (Å²) in [6, 6.07) is 82.5. The van der Waals surface area contributed by atoms with Gasteiger partial charge in [0, 0.05) is 44.8 Å². The molecule has 6 heterocycles. The summed E-state index contributed by atoms with van der Waals surface area (Å²) in [6.45, 7) is 73.8. The fourth-order valence-electron chi connectivity index (χ4n) is 20.3. The molecule has 16 heteroatoms. The van der Waals surface area contributed by atoms with E-state index in [1.807, 2.05) is 44.1 Å². The summed E-state index contributed by atoms with van der Waals surface area (Å²) in [6.07, 6.45) is 10.8. The van der Waals surface area contributed by atoms with E-state index in [4.69, 9.17) is 5.26 Å². The molecule has 0 fully saturated rings. The predicted molar refractivity (Wildman–Crippen MR) is 604 cm³/mol. The van der Waals surface area contributed by atoms with Gasteiger partial charge in [-0.15, -0.1) is 33.1 Å². The van der Waals surface area contributed by atoms with Crippen molar-refractivity contribution in [2.75, 3.05) is 34.3 Å². The van der Waals surface area contributed by atoms with Gasteiger partial charge in [-0.3, -0.25) is 13.7 Å². The smallest absolute Gasteiger partial charge is 0.657 e. The van der Waals surface area contributed by atoms with Gasteiger partial charge in [-0.05, 0) is 203 Å². The molecule has 3 amide bonds. The number of hydrogen-bond acceptors (Lipinski definition) is 7. The zero-order valence-corrected chi connectivity index (χ0v) is 97.2. The van der Waals surface area contributed by atoms with E-state index in [1.165, 1.54) is 122 Å². The zero-order chi connectivity index (χ0) is 104. The van der Waals surface area contributed by atoms with Crippen molar-refractivity contribution in [3.63, 3.8) is 0 Å². The Labute approximate surface area is 914 Å². The molecule has 3 aliphatic heterocycles. The first kappa shape index (κ1) is 117. The molecule has 0 saturated carbocycles. The average molecular weight is 2270 g/mol. The van der Waals surface area contributed by atoms with Crippen LogP contribution in [0.2, 0.25) is 0 Å². The first-order chi connectivity index (χ1) is 67.6. The summed E-state index contributed by atoms with van der Waals surface area (Å²) < 4.78 is 5.53. The van der Waals surface area contributed by atoms with Gasteiger partial charge in [0.05, 0.1) is 81.6 Å². The van der Waals surface area contributed by atoms with Crippen LogP contribution in [0.15, 0.2) is 231 Å². The zero-order valence-electron chi connectivity index (χ0n) is 92.6. The molecule has 3 aliphatic rings. The number of nitriles is 1. The second kappa shape index (κ2) is 48.9. The molecule has 12 aromatic carbocycles. The number of nitrogens with zero attached hydrogens (tertiary/aromatic N) is 10. The molecular weight excluding hydrogens is 2120 g/mol. The number of amides is 3. The van der Waals surface area contributed by atoms with Crippen molar-refractivity contribution in [1.82, 2.24) is 15.0 Å².